The Kier molecular flexibility index (Phi) is 12.6. The Bertz CT molecular complexity index is 1180. The highest BCUT2D eigenvalue weighted by molar-refractivity contribution is 5.93. The number of carbonyl (C=O) groups excluding carboxylic acids is 3. The van der Waals surface area contributed by atoms with Gasteiger partial charge in [0.25, 0.3) is 0 Å². The van der Waals surface area contributed by atoms with E-state index in [-0.39, 0.29) is 38.3 Å². The van der Waals surface area contributed by atoms with Gasteiger partial charge in [-0.3, -0.25) is 19.4 Å². The number of fused-ring (bicyclic) bond motifs is 2. The molecule has 1 aromatic heterocycles. The molecule has 0 saturated heterocycles. The number of hydrogen-bond donors (Lipinski definition) is 4. The summed E-state index contributed by atoms with van der Waals surface area (Å²) in [5.74, 6) is -1.44. The monoisotopic (exact) mass is 571 g/mol. The third-order valence-corrected chi connectivity index (χ3v) is 7.26. The highest BCUT2D eigenvalue weighted by atomic mass is 19.1. The predicted molar refractivity (Wildman–Crippen MR) is 153 cm³/mol. The first-order chi connectivity index (χ1) is 19.7. The Hall–Kier alpha value is -3.41. The molecule has 41 heavy (non-hydrogen) atoms. The number of amides is 2. The largest absolute Gasteiger partial charge is 0.493 e. The average molecular weight is 572 g/mol. The van der Waals surface area contributed by atoms with Gasteiger partial charge in [-0.2, -0.15) is 0 Å². The van der Waals surface area contributed by atoms with Crippen molar-refractivity contribution in [2.75, 3.05) is 26.7 Å². The van der Waals surface area contributed by atoms with Gasteiger partial charge in [0.2, 0.25) is 11.8 Å². The number of aryl methyl sites for hydroxylation is 1. The molecule has 1 aliphatic rings. The molecular formula is C30H42FN5O5. The average Bonchev–Trinajstić information content (AvgIpc) is 2.94. The number of likely N-dealkylation sites (N-methyl/N-ethyl adjacent to an activating group) is 1. The van der Waals surface area contributed by atoms with Crippen molar-refractivity contribution in [1.82, 2.24) is 20.5 Å². The summed E-state index contributed by atoms with van der Waals surface area (Å²) in [6, 6.07) is 4.78. The number of rotatable bonds is 8. The van der Waals surface area contributed by atoms with Gasteiger partial charge < -0.3 is 31.1 Å². The van der Waals surface area contributed by atoms with Crippen LogP contribution in [0.4, 0.5) is 4.39 Å². The van der Waals surface area contributed by atoms with Crippen molar-refractivity contribution in [3.8, 4) is 5.75 Å². The van der Waals surface area contributed by atoms with Gasteiger partial charge >= 0.3 is 0 Å². The van der Waals surface area contributed by atoms with Crippen LogP contribution in [-0.2, 0) is 33.8 Å². The molecule has 0 radical (unpaired) electrons. The highest BCUT2D eigenvalue weighted by Gasteiger charge is 2.29. The molecule has 10 nitrogen and oxygen atoms in total. The van der Waals surface area contributed by atoms with E-state index in [1.807, 2.05) is 19.2 Å². The minimum absolute atomic E-state index is 0.185. The fraction of sp³-hybridized carbons (Fsp3) is 0.533. The van der Waals surface area contributed by atoms with Crippen LogP contribution in [0.2, 0.25) is 0 Å². The first-order valence-corrected chi connectivity index (χ1v) is 14.2. The number of halogens is 1. The van der Waals surface area contributed by atoms with E-state index in [1.54, 1.807) is 12.3 Å². The second-order valence-corrected chi connectivity index (χ2v) is 10.6. The number of Topliss-reactive ketones (excluding diaryl/α,β-unsaturated/α-hetero) is 1. The van der Waals surface area contributed by atoms with Crippen molar-refractivity contribution >= 4 is 17.6 Å². The van der Waals surface area contributed by atoms with E-state index in [2.05, 4.69) is 15.6 Å². The molecule has 2 heterocycles. The molecule has 1 aliphatic heterocycles. The van der Waals surface area contributed by atoms with Gasteiger partial charge in [0, 0.05) is 51.1 Å². The van der Waals surface area contributed by atoms with Crippen molar-refractivity contribution in [3.63, 3.8) is 0 Å². The van der Waals surface area contributed by atoms with Gasteiger partial charge in [-0.1, -0.05) is 13.0 Å². The summed E-state index contributed by atoms with van der Waals surface area (Å²) in [5.41, 5.74) is 8.08. The molecule has 2 unspecified atom stereocenters. The van der Waals surface area contributed by atoms with E-state index in [4.69, 9.17) is 10.5 Å². The zero-order valence-electron chi connectivity index (χ0n) is 23.9. The number of aliphatic hydroxyl groups excluding tert-OH is 1. The van der Waals surface area contributed by atoms with E-state index in [9.17, 15) is 23.9 Å². The van der Waals surface area contributed by atoms with Gasteiger partial charge in [-0.05, 0) is 60.9 Å². The molecule has 2 amide bonds. The minimum atomic E-state index is -1.03. The van der Waals surface area contributed by atoms with Crippen molar-refractivity contribution in [2.45, 2.75) is 76.6 Å². The quantitative estimate of drug-likeness (QED) is 0.374. The first kappa shape index (κ1) is 32.1. The summed E-state index contributed by atoms with van der Waals surface area (Å²) in [6.45, 7) is 2.85. The molecule has 2 aromatic rings. The number of nitrogens with zero attached hydrogens (tertiary/aromatic N) is 2. The number of aromatic nitrogens is 1. The first-order valence-electron chi connectivity index (χ1n) is 14.2. The molecule has 11 heteroatoms. The molecule has 5 N–H and O–H groups in total. The van der Waals surface area contributed by atoms with Gasteiger partial charge in [-0.25, -0.2) is 4.39 Å². The number of pyridine rings is 1. The standard InChI is InChI=1S/C30H42FN5O5/c1-3-20-9-22(16-33-15-20)17-34-18-27(37)25-12-21-10-23(31)13-24(11-21)41-8-6-4-5-7-30(40)36(2)26(14-29(32)39)28(38)19-35-25/h9-11,13,15-16,25-27,34-35,37H,3-8,12,14,17-19H2,1-2H3,(H2,32,39)/t25?,26?,27-/m1/s1. The lowest BCUT2D eigenvalue weighted by atomic mass is 9.99. The summed E-state index contributed by atoms with van der Waals surface area (Å²) in [5, 5.41) is 17.5. The van der Waals surface area contributed by atoms with Crippen LogP contribution in [0.5, 0.6) is 5.75 Å². The second-order valence-electron chi connectivity index (χ2n) is 10.6. The lowest BCUT2D eigenvalue weighted by Crippen LogP contribution is -2.52. The summed E-state index contributed by atoms with van der Waals surface area (Å²) in [7, 11) is 1.50. The molecule has 3 rings (SSSR count). The smallest absolute Gasteiger partial charge is 0.222 e. The number of aliphatic hydroxyl groups is 1. The highest BCUT2D eigenvalue weighted by Crippen LogP contribution is 2.20. The van der Waals surface area contributed by atoms with Gasteiger partial charge in [-0.15, -0.1) is 0 Å². The number of nitrogens with one attached hydrogen (secondary N) is 2. The van der Waals surface area contributed by atoms with Crippen LogP contribution < -0.4 is 21.1 Å². The molecule has 1 aromatic carbocycles. The topological polar surface area (TPSA) is 147 Å². The SMILES string of the molecule is CCc1cncc(CNC[C@@H](O)C2Cc3cc(F)cc(c3)OCCCCCC(=O)N(C)C(CC(N)=O)C(=O)CN2)c1. The zero-order chi connectivity index (χ0) is 29.8. The van der Waals surface area contributed by atoms with Crippen LogP contribution in [0.25, 0.3) is 0 Å². The molecule has 0 spiro atoms. The van der Waals surface area contributed by atoms with Crippen molar-refractivity contribution in [3.05, 3.63) is 59.2 Å². The van der Waals surface area contributed by atoms with Gasteiger partial charge in [0.05, 0.1) is 25.7 Å². The number of primary amides is 1. The Morgan fingerprint density at radius 1 is 1.22 bits per heavy atom. The summed E-state index contributed by atoms with van der Waals surface area (Å²) in [6.07, 6.45) is 5.53. The van der Waals surface area contributed by atoms with Crippen LogP contribution in [0, 0.1) is 5.82 Å². The number of ether oxygens (including phenoxy) is 1. The van der Waals surface area contributed by atoms with E-state index in [0.29, 0.717) is 43.7 Å². The number of carbonyl (C=O) groups is 3. The van der Waals surface area contributed by atoms with Gasteiger partial charge in [0.1, 0.15) is 17.6 Å². The third-order valence-electron chi connectivity index (χ3n) is 7.26. The second kappa shape index (κ2) is 16.1. The summed E-state index contributed by atoms with van der Waals surface area (Å²) >= 11 is 0. The predicted octanol–water partition coefficient (Wildman–Crippen LogP) is 1.66. The maximum absolute atomic E-state index is 14.5. The molecule has 224 valence electrons. The summed E-state index contributed by atoms with van der Waals surface area (Å²) in [4.78, 5) is 43.3. The van der Waals surface area contributed by atoms with E-state index >= 15 is 0 Å². The lowest BCUT2D eigenvalue weighted by Gasteiger charge is -2.29. The van der Waals surface area contributed by atoms with E-state index < -0.39 is 35.7 Å². The van der Waals surface area contributed by atoms with Crippen molar-refractivity contribution in [1.29, 1.82) is 0 Å². The van der Waals surface area contributed by atoms with Crippen LogP contribution in [0.15, 0.2) is 36.7 Å². The Morgan fingerprint density at radius 3 is 2.76 bits per heavy atom. The zero-order valence-corrected chi connectivity index (χ0v) is 23.9. The van der Waals surface area contributed by atoms with Crippen molar-refractivity contribution < 1.29 is 28.6 Å². The lowest BCUT2D eigenvalue weighted by molar-refractivity contribution is -0.139. The number of nitrogens with two attached hydrogens (primary N) is 1. The van der Waals surface area contributed by atoms with Crippen LogP contribution in [0.1, 0.15) is 55.7 Å². The van der Waals surface area contributed by atoms with Crippen molar-refractivity contribution in [2.24, 2.45) is 5.73 Å². The fourth-order valence-corrected chi connectivity index (χ4v) is 4.86. The Morgan fingerprint density at radius 2 is 2.00 bits per heavy atom. The minimum Gasteiger partial charge on any atom is -0.493 e. The van der Waals surface area contributed by atoms with E-state index in [1.165, 1.54) is 24.1 Å². The Balaban J connectivity index is 1.80. The molecule has 3 atom stereocenters. The molecular weight excluding hydrogens is 529 g/mol. The van der Waals surface area contributed by atoms with Gasteiger partial charge in [0.15, 0.2) is 5.78 Å². The summed E-state index contributed by atoms with van der Waals surface area (Å²) < 4.78 is 20.2. The Labute approximate surface area is 240 Å². The number of hydrogen-bond acceptors (Lipinski definition) is 8. The maximum Gasteiger partial charge on any atom is 0.222 e. The normalized spacial score (nSPS) is 20.2. The number of benzene rings is 1. The molecule has 0 aliphatic carbocycles. The fourth-order valence-electron chi connectivity index (χ4n) is 4.86. The number of ketones is 1. The van der Waals surface area contributed by atoms with Crippen LogP contribution in [0.3, 0.4) is 0 Å². The van der Waals surface area contributed by atoms with Crippen LogP contribution in [-0.4, -0.2) is 77.5 Å². The molecule has 2 bridgehead atoms. The van der Waals surface area contributed by atoms with Crippen LogP contribution >= 0.6 is 0 Å². The third kappa shape index (κ3) is 10.5. The molecule has 0 fully saturated rings. The van der Waals surface area contributed by atoms with E-state index in [0.717, 1.165) is 17.5 Å². The molecule has 0 saturated carbocycles. The maximum atomic E-state index is 14.5.